The SMILES string of the molecule is CC[C@@H]1C(=O)NCCN1C(=O)[C@H]1CC12CCNCC2. The van der Waals surface area contributed by atoms with E-state index in [1.54, 1.807) is 0 Å². The number of hydrogen-bond donors (Lipinski definition) is 2. The van der Waals surface area contributed by atoms with Crippen molar-refractivity contribution in [1.29, 1.82) is 0 Å². The second kappa shape index (κ2) is 4.78. The number of carbonyl (C=O) groups excluding carboxylic acids is 2. The zero-order valence-corrected chi connectivity index (χ0v) is 11.6. The zero-order chi connectivity index (χ0) is 13.5. The topological polar surface area (TPSA) is 61.4 Å². The van der Waals surface area contributed by atoms with Gasteiger partial charge in [-0.2, -0.15) is 0 Å². The molecule has 3 aliphatic rings. The molecule has 2 aliphatic heterocycles. The van der Waals surface area contributed by atoms with Crippen molar-refractivity contribution in [2.24, 2.45) is 11.3 Å². The van der Waals surface area contributed by atoms with Crippen LogP contribution in [0.2, 0.25) is 0 Å². The predicted octanol–water partition coefficient (Wildman–Crippen LogP) is 0.113. The number of carbonyl (C=O) groups is 2. The fraction of sp³-hybridized carbons (Fsp3) is 0.857. The number of nitrogens with zero attached hydrogens (tertiary/aromatic N) is 1. The van der Waals surface area contributed by atoms with Crippen LogP contribution in [0.15, 0.2) is 0 Å². The van der Waals surface area contributed by atoms with Gasteiger partial charge in [0.2, 0.25) is 11.8 Å². The molecule has 0 bridgehead atoms. The van der Waals surface area contributed by atoms with Crippen molar-refractivity contribution in [3.05, 3.63) is 0 Å². The Bertz CT molecular complexity index is 390. The number of nitrogens with one attached hydrogen (secondary N) is 2. The van der Waals surface area contributed by atoms with Crippen LogP contribution >= 0.6 is 0 Å². The summed E-state index contributed by atoms with van der Waals surface area (Å²) in [5, 5.41) is 6.21. The molecule has 0 aromatic rings. The summed E-state index contributed by atoms with van der Waals surface area (Å²) < 4.78 is 0. The Morgan fingerprint density at radius 1 is 1.37 bits per heavy atom. The lowest BCUT2D eigenvalue weighted by Gasteiger charge is -2.35. The largest absolute Gasteiger partial charge is 0.353 e. The average Bonchev–Trinajstić information content (AvgIpc) is 3.12. The van der Waals surface area contributed by atoms with Gasteiger partial charge in [-0.15, -0.1) is 0 Å². The van der Waals surface area contributed by atoms with Gasteiger partial charge < -0.3 is 15.5 Å². The van der Waals surface area contributed by atoms with Crippen LogP contribution in [0.4, 0.5) is 0 Å². The third-order valence-corrected chi connectivity index (χ3v) is 5.09. The lowest BCUT2D eigenvalue weighted by molar-refractivity contribution is -0.145. The van der Waals surface area contributed by atoms with E-state index >= 15 is 0 Å². The van der Waals surface area contributed by atoms with E-state index in [1.807, 2.05) is 11.8 Å². The summed E-state index contributed by atoms with van der Waals surface area (Å²) in [5.74, 6) is 0.417. The zero-order valence-electron chi connectivity index (χ0n) is 11.6. The van der Waals surface area contributed by atoms with Crippen molar-refractivity contribution >= 4 is 11.8 Å². The van der Waals surface area contributed by atoms with Gasteiger partial charge in [-0.3, -0.25) is 9.59 Å². The first kappa shape index (κ1) is 12.9. The van der Waals surface area contributed by atoms with Gasteiger partial charge in [0.15, 0.2) is 0 Å². The number of amides is 2. The van der Waals surface area contributed by atoms with Crippen LogP contribution in [0.5, 0.6) is 0 Å². The molecule has 19 heavy (non-hydrogen) atoms. The van der Waals surface area contributed by atoms with Gasteiger partial charge in [-0.1, -0.05) is 6.92 Å². The maximum Gasteiger partial charge on any atom is 0.242 e. The van der Waals surface area contributed by atoms with Crippen LogP contribution in [0, 0.1) is 11.3 Å². The molecule has 0 aromatic heterocycles. The molecule has 2 atom stereocenters. The van der Waals surface area contributed by atoms with Crippen LogP contribution in [0.1, 0.15) is 32.6 Å². The Kier molecular flexibility index (Phi) is 3.25. The van der Waals surface area contributed by atoms with E-state index in [1.165, 1.54) is 0 Å². The highest BCUT2D eigenvalue weighted by atomic mass is 16.2. The number of piperidine rings is 1. The lowest BCUT2D eigenvalue weighted by atomic mass is 9.91. The standard InChI is InChI=1S/C14H23N3O2/c1-2-11-12(18)16-7-8-17(11)13(19)10-9-14(10)3-5-15-6-4-14/h10-11,15H,2-9H2,1H3,(H,16,18)/t10-,11-/m1/s1. The Labute approximate surface area is 114 Å². The molecule has 5 heteroatoms. The highest BCUT2D eigenvalue weighted by Gasteiger charge is 2.59. The summed E-state index contributed by atoms with van der Waals surface area (Å²) in [6.07, 6.45) is 3.96. The van der Waals surface area contributed by atoms with Gasteiger partial charge in [-0.05, 0) is 44.2 Å². The molecule has 1 aliphatic carbocycles. The first-order valence-corrected chi connectivity index (χ1v) is 7.47. The molecule has 2 N–H and O–H groups in total. The molecule has 1 saturated carbocycles. The maximum absolute atomic E-state index is 12.7. The Balaban J connectivity index is 1.68. The number of hydrogen-bond acceptors (Lipinski definition) is 3. The van der Waals surface area contributed by atoms with Crippen LogP contribution in [-0.2, 0) is 9.59 Å². The average molecular weight is 265 g/mol. The van der Waals surface area contributed by atoms with Crippen molar-refractivity contribution in [1.82, 2.24) is 15.5 Å². The molecule has 2 amide bonds. The van der Waals surface area contributed by atoms with Gasteiger partial charge in [0.1, 0.15) is 6.04 Å². The van der Waals surface area contributed by atoms with Crippen LogP contribution in [0.25, 0.3) is 0 Å². The summed E-state index contributed by atoms with van der Waals surface area (Å²) >= 11 is 0. The molecule has 0 unspecified atom stereocenters. The molecule has 1 spiro atoms. The Morgan fingerprint density at radius 2 is 2.11 bits per heavy atom. The maximum atomic E-state index is 12.7. The van der Waals surface area contributed by atoms with Gasteiger partial charge in [0.25, 0.3) is 0 Å². The molecule has 106 valence electrons. The second-order valence-corrected chi connectivity index (χ2v) is 6.12. The van der Waals surface area contributed by atoms with E-state index in [2.05, 4.69) is 10.6 Å². The molecule has 2 heterocycles. The van der Waals surface area contributed by atoms with Crippen LogP contribution in [-0.4, -0.2) is 48.9 Å². The minimum atomic E-state index is -0.249. The molecule has 0 radical (unpaired) electrons. The van der Waals surface area contributed by atoms with E-state index in [0.29, 0.717) is 19.5 Å². The first-order chi connectivity index (χ1) is 9.18. The Hall–Kier alpha value is -1.10. The van der Waals surface area contributed by atoms with Crippen molar-refractivity contribution in [2.75, 3.05) is 26.2 Å². The number of piperazine rings is 1. The minimum Gasteiger partial charge on any atom is -0.353 e. The number of rotatable bonds is 2. The van der Waals surface area contributed by atoms with E-state index in [-0.39, 0.29) is 29.2 Å². The molecule has 3 rings (SSSR count). The lowest BCUT2D eigenvalue weighted by Crippen LogP contribution is -2.57. The smallest absolute Gasteiger partial charge is 0.242 e. The highest BCUT2D eigenvalue weighted by molar-refractivity contribution is 5.91. The molecule has 0 aromatic carbocycles. The molecule has 5 nitrogen and oxygen atoms in total. The van der Waals surface area contributed by atoms with Crippen molar-refractivity contribution in [3.63, 3.8) is 0 Å². The van der Waals surface area contributed by atoms with E-state index < -0.39 is 0 Å². The van der Waals surface area contributed by atoms with Crippen molar-refractivity contribution in [3.8, 4) is 0 Å². The fourth-order valence-corrected chi connectivity index (χ4v) is 3.76. The fourth-order valence-electron chi connectivity index (χ4n) is 3.76. The van der Waals surface area contributed by atoms with Crippen molar-refractivity contribution in [2.45, 2.75) is 38.6 Å². The van der Waals surface area contributed by atoms with Gasteiger partial charge in [0, 0.05) is 19.0 Å². The van der Waals surface area contributed by atoms with E-state index in [0.717, 1.165) is 32.4 Å². The summed E-state index contributed by atoms with van der Waals surface area (Å²) in [7, 11) is 0. The highest BCUT2D eigenvalue weighted by Crippen LogP contribution is 2.59. The summed E-state index contributed by atoms with van der Waals surface area (Å²) in [6.45, 7) is 5.31. The minimum absolute atomic E-state index is 0.0158. The van der Waals surface area contributed by atoms with Gasteiger partial charge in [0.05, 0.1) is 0 Å². The van der Waals surface area contributed by atoms with Crippen LogP contribution in [0.3, 0.4) is 0 Å². The summed E-state index contributed by atoms with van der Waals surface area (Å²) in [5.41, 5.74) is 0.258. The summed E-state index contributed by atoms with van der Waals surface area (Å²) in [6, 6.07) is -0.249. The van der Waals surface area contributed by atoms with Crippen molar-refractivity contribution < 1.29 is 9.59 Å². The van der Waals surface area contributed by atoms with E-state index in [4.69, 9.17) is 0 Å². The molecular weight excluding hydrogens is 242 g/mol. The third kappa shape index (κ3) is 2.14. The first-order valence-electron chi connectivity index (χ1n) is 7.47. The monoisotopic (exact) mass is 265 g/mol. The van der Waals surface area contributed by atoms with Crippen LogP contribution < -0.4 is 10.6 Å². The molecule has 3 fully saturated rings. The molecule has 2 saturated heterocycles. The van der Waals surface area contributed by atoms with Gasteiger partial charge >= 0.3 is 0 Å². The van der Waals surface area contributed by atoms with Gasteiger partial charge in [-0.25, -0.2) is 0 Å². The summed E-state index contributed by atoms with van der Waals surface area (Å²) in [4.78, 5) is 26.3. The quantitative estimate of drug-likeness (QED) is 0.745. The second-order valence-electron chi connectivity index (χ2n) is 6.12. The predicted molar refractivity (Wildman–Crippen MR) is 71.4 cm³/mol. The molecular formula is C14H23N3O2. The third-order valence-electron chi connectivity index (χ3n) is 5.09. The Morgan fingerprint density at radius 3 is 2.79 bits per heavy atom. The normalized spacial score (nSPS) is 33.1. The van der Waals surface area contributed by atoms with E-state index in [9.17, 15) is 9.59 Å².